The summed E-state index contributed by atoms with van der Waals surface area (Å²) in [6.07, 6.45) is 0. The minimum absolute atomic E-state index is 0.500. The fourth-order valence-electron chi connectivity index (χ4n) is 12.4. The average molecular weight is 876 g/mol. The number of ether oxygens (including phenoxy) is 1. The number of hydrogen-bond donors (Lipinski definition) is 0. The molecule has 1 aromatic heterocycles. The number of anilines is 3. The average Bonchev–Trinajstić information content (AvgIpc) is 4.00. The minimum Gasteiger partial charge on any atom is -0.457 e. The van der Waals surface area contributed by atoms with Gasteiger partial charge >= 0.3 is 0 Å². The van der Waals surface area contributed by atoms with E-state index in [1.807, 2.05) is 23.1 Å². The first-order chi connectivity index (χ1) is 32.7. The van der Waals surface area contributed by atoms with E-state index < -0.39 is 10.8 Å². The van der Waals surface area contributed by atoms with Gasteiger partial charge in [0.25, 0.3) is 0 Å². The van der Waals surface area contributed by atoms with Crippen LogP contribution in [0.1, 0.15) is 44.5 Å². The van der Waals surface area contributed by atoms with Crippen LogP contribution in [0.5, 0.6) is 11.5 Å². The molecule has 0 saturated carbocycles. The maximum absolute atomic E-state index is 6.69. The Hall–Kier alpha value is -7.63. The fraction of sp³-hybridized carbons (Fsp3) is 0.0323. The lowest BCUT2D eigenvalue weighted by molar-refractivity contribution is 0.436. The van der Waals surface area contributed by atoms with Gasteiger partial charge in [0.05, 0.1) is 22.2 Å². The van der Waals surface area contributed by atoms with Crippen LogP contribution in [0.2, 0.25) is 0 Å². The molecule has 308 valence electrons. The van der Waals surface area contributed by atoms with E-state index in [9.17, 15) is 0 Å². The maximum atomic E-state index is 6.69. The Balaban J connectivity index is 1.05. The van der Waals surface area contributed by atoms with Gasteiger partial charge in [0, 0.05) is 52.3 Å². The van der Waals surface area contributed by atoms with Gasteiger partial charge in [0.1, 0.15) is 11.5 Å². The van der Waals surface area contributed by atoms with Gasteiger partial charge in [-0.3, -0.25) is 0 Å². The molecule has 66 heavy (non-hydrogen) atoms. The van der Waals surface area contributed by atoms with E-state index in [1.165, 1.54) is 102 Å². The van der Waals surface area contributed by atoms with E-state index >= 15 is 0 Å². The molecule has 15 rings (SSSR count). The Kier molecular flexibility index (Phi) is 7.48. The summed E-state index contributed by atoms with van der Waals surface area (Å²) in [5.74, 6) is 1.80. The Morgan fingerprint density at radius 3 is 1.62 bits per heavy atom. The molecular formula is C62H37NOS2. The summed E-state index contributed by atoms with van der Waals surface area (Å²) in [5.41, 5.74) is 17.6. The number of rotatable bonds is 3. The maximum Gasteiger partial charge on any atom is 0.132 e. The van der Waals surface area contributed by atoms with Crippen LogP contribution >= 0.6 is 23.1 Å². The molecule has 0 unspecified atom stereocenters. The SMILES string of the molecule is c1ccc2c(c1)Oc1ccccc1C21c2ccccc2-c2cc(N(c3cccc4c3-c3ccccc3C43c4ccccc4Sc4ccccc43)c3cccc4sc5ccccc5c34)ccc21. The molecule has 0 radical (unpaired) electrons. The molecule has 3 heterocycles. The van der Waals surface area contributed by atoms with Gasteiger partial charge in [0.2, 0.25) is 0 Å². The first-order valence-electron chi connectivity index (χ1n) is 22.7. The largest absolute Gasteiger partial charge is 0.457 e. The second-order valence-electron chi connectivity index (χ2n) is 17.8. The Labute approximate surface area is 391 Å². The molecule has 2 aliphatic carbocycles. The third kappa shape index (κ3) is 4.57. The van der Waals surface area contributed by atoms with E-state index in [0.29, 0.717) is 0 Å². The van der Waals surface area contributed by atoms with Gasteiger partial charge in [-0.25, -0.2) is 0 Å². The molecule has 0 saturated heterocycles. The predicted octanol–water partition coefficient (Wildman–Crippen LogP) is 16.8. The molecular weight excluding hydrogens is 839 g/mol. The van der Waals surface area contributed by atoms with Crippen molar-refractivity contribution in [2.24, 2.45) is 0 Å². The molecule has 2 spiro atoms. The van der Waals surface area contributed by atoms with Gasteiger partial charge in [-0.2, -0.15) is 0 Å². The highest BCUT2D eigenvalue weighted by Gasteiger charge is 2.53. The Morgan fingerprint density at radius 2 is 0.879 bits per heavy atom. The topological polar surface area (TPSA) is 12.5 Å². The van der Waals surface area contributed by atoms with Crippen molar-refractivity contribution in [3.8, 4) is 33.8 Å². The molecule has 0 N–H and O–H groups in total. The van der Waals surface area contributed by atoms with Crippen LogP contribution in [0.25, 0.3) is 42.4 Å². The lowest BCUT2D eigenvalue weighted by atomic mass is 9.66. The zero-order valence-electron chi connectivity index (χ0n) is 35.5. The van der Waals surface area contributed by atoms with Crippen molar-refractivity contribution < 1.29 is 4.74 Å². The quantitative estimate of drug-likeness (QED) is 0.175. The summed E-state index contributed by atoms with van der Waals surface area (Å²) in [6.45, 7) is 0. The van der Waals surface area contributed by atoms with E-state index in [1.54, 1.807) is 0 Å². The Morgan fingerprint density at radius 1 is 0.364 bits per heavy atom. The van der Waals surface area contributed by atoms with Crippen LogP contribution in [0, 0.1) is 0 Å². The summed E-state index contributed by atoms with van der Waals surface area (Å²) in [7, 11) is 0. The van der Waals surface area contributed by atoms with Crippen molar-refractivity contribution in [3.05, 3.63) is 269 Å². The van der Waals surface area contributed by atoms with E-state index in [-0.39, 0.29) is 0 Å². The normalized spacial score (nSPS) is 14.7. The molecule has 4 heteroatoms. The zero-order chi connectivity index (χ0) is 43.1. The molecule has 2 aliphatic heterocycles. The van der Waals surface area contributed by atoms with Crippen molar-refractivity contribution in [2.45, 2.75) is 20.6 Å². The fourth-order valence-corrected chi connectivity index (χ4v) is 14.7. The number of thiophene rings is 1. The third-order valence-corrected chi connectivity index (χ3v) is 17.1. The van der Waals surface area contributed by atoms with Gasteiger partial charge in [0.15, 0.2) is 0 Å². The van der Waals surface area contributed by atoms with E-state index in [2.05, 4.69) is 229 Å². The van der Waals surface area contributed by atoms with Gasteiger partial charge in [-0.1, -0.05) is 176 Å². The molecule has 10 aromatic carbocycles. The summed E-state index contributed by atoms with van der Waals surface area (Å²) < 4.78 is 9.26. The summed E-state index contributed by atoms with van der Waals surface area (Å²) in [6, 6.07) is 83.8. The van der Waals surface area contributed by atoms with Crippen molar-refractivity contribution in [2.75, 3.05) is 4.90 Å². The van der Waals surface area contributed by atoms with Gasteiger partial charge in [-0.15, -0.1) is 11.3 Å². The van der Waals surface area contributed by atoms with Crippen LogP contribution in [-0.2, 0) is 10.8 Å². The van der Waals surface area contributed by atoms with E-state index in [0.717, 1.165) is 22.9 Å². The highest BCUT2D eigenvalue weighted by atomic mass is 32.2. The molecule has 0 amide bonds. The molecule has 0 bridgehead atoms. The number of fused-ring (bicyclic) bond motifs is 21. The van der Waals surface area contributed by atoms with Crippen LogP contribution < -0.4 is 9.64 Å². The number of nitrogens with zero attached hydrogens (tertiary/aromatic N) is 1. The standard InChI is InChI=1S/C62H37NOS2/c1-4-20-43-39(17-1)42-37-38(35-36-45(42)61(43)46-22-6-10-29-53(46)64-54-30-11-7-23-47(54)61)63(52-28-16-34-58-60(52)41-19-3-12-31-55(41)65-58)51-27-15-26-50-59(51)40-18-2-5-21-44(40)62(50)48-24-8-13-32-56(48)66-57-33-14-9-25-49(57)62/h1-37H. The van der Waals surface area contributed by atoms with Crippen molar-refractivity contribution >= 4 is 60.3 Å². The van der Waals surface area contributed by atoms with E-state index in [4.69, 9.17) is 4.74 Å². The smallest absolute Gasteiger partial charge is 0.132 e. The first-order valence-corrected chi connectivity index (χ1v) is 24.3. The summed E-state index contributed by atoms with van der Waals surface area (Å²) >= 11 is 3.76. The Bertz CT molecular complexity index is 3790. The van der Waals surface area contributed by atoms with Crippen LogP contribution in [0.4, 0.5) is 17.1 Å². The lowest BCUT2D eigenvalue weighted by Gasteiger charge is -2.40. The van der Waals surface area contributed by atoms with Crippen LogP contribution in [0.15, 0.2) is 234 Å². The number of para-hydroxylation sites is 2. The lowest BCUT2D eigenvalue weighted by Crippen LogP contribution is -2.32. The van der Waals surface area contributed by atoms with Crippen molar-refractivity contribution in [1.82, 2.24) is 0 Å². The van der Waals surface area contributed by atoms with Gasteiger partial charge in [-0.05, 0) is 111 Å². The molecule has 0 fully saturated rings. The summed E-state index contributed by atoms with van der Waals surface area (Å²) in [4.78, 5) is 5.20. The predicted molar refractivity (Wildman–Crippen MR) is 273 cm³/mol. The minimum atomic E-state index is -0.552. The highest BCUT2D eigenvalue weighted by molar-refractivity contribution is 7.99. The summed E-state index contributed by atoms with van der Waals surface area (Å²) in [5, 5.41) is 2.54. The number of benzene rings is 10. The number of hydrogen-bond acceptors (Lipinski definition) is 4. The molecule has 4 aliphatic rings. The molecule has 2 nitrogen and oxygen atoms in total. The second-order valence-corrected chi connectivity index (χ2v) is 20.0. The zero-order valence-corrected chi connectivity index (χ0v) is 37.2. The van der Waals surface area contributed by atoms with Gasteiger partial charge < -0.3 is 9.64 Å². The van der Waals surface area contributed by atoms with Crippen molar-refractivity contribution in [1.29, 1.82) is 0 Å². The van der Waals surface area contributed by atoms with Crippen LogP contribution in [0.3, 0.4) is 0 Å². The first kappa shape index (κ1) is 36.7. The van der Waals surface area contributed by atoms with Crippen molar-refractivity contribution in [3.63, 3.8) is 0 Å². The highest BCUT2D eigenvalue weighted by Crippen LogP contribution is 2.66. The third-order valence-electron chi connectivity index (χ3n) is 14.8. The van der Waals surface area contributed by atoms with Crippen LogP contribution in [-0.4, -0.2) is 0 Å². The molecule has 0 atom stereocenters. The molecule has 11 aromatic rings. The second kappa shape index (κ2) is 13.5. The monoisotopic (exact) mass is 875 g/mol.